The Hall–Kier alpha value is -0.0100. The van der Waals surface area contributed by atoms with Crippen molar-refractivity contribution in [3.05, 3.63) is 0 Å². The quantitative estimate of drug-likeness (QED) is 0.621. The number of hydrogen-bond acceptors (Lipinski definition) is 2. The zero-order chi connectivity index (χ0) is 9.57. The summed E-state index contributed by atoms with van der Waals surface area (Å²) >= 11 is 0. The predicted octanol–water partition coefficient (Wildman–Crippen LogP) is 0.964. The Labute approximate surface area is 71.7 Å². The molecule has 0 aromatic carbocycles. The Morgan fingerprint density at radius 2 is 1.75 bits per heavy atom. The fourth-order valence-corrected chi connectivity index (χ4v) is 1.88. The Kier molecular flexibility index (Phi) is 2.30. The standard InChI is InChI=1S/C4H5ClF3NO2S/c5-12(10,11)9-1-3(2-9)4(6,7)8/h3H,1-2H2. The number of rotatable bonds is 1. The van der Waals surface area contributed by atoms with Crippen molar-refractivity contribution < 1.29 is 21.6 Å². The van der Waals surface area contributed by atoms with Crippen LogP contribution in [0, 0.1) is 5.92 Å². The van der Waals surface area contributed by atoms with E-state index in [2.05, 4.69) is 0 Å². The van der Waals surface area contributed by atoms with Gasteiger partial charge < -0.3 is 0 Å². The van der Waals surface area contributed by atoms with Gasteiger partial charge in [0.2, 0.25) is 0 Å². The maximum absolute atomic E-state index is 11.8. The van der Waals surface area contributed by atoms with Crippen molar-refractivity contribution in [2.75, 3.05) is 13.1 Å². The molecule has 0 N–H and O–H groups in total. The van der Waals surface area contributed by atoms with Crippen LogP contribution in [0.5, 0.6) is 0 Å². The van der Waals surface area contributed by atoms with E-state index in [0.29, 0.717) is 4.31 Å². The molecule has 0 aromatic rings. The van der Waals surface area contributed by atoms with E-state index in [1.54, 1.807) is 0 Å². The first-order valence-electron chi connectivity index (χ1n) is 2.97. The summed E-state index contributed by atoms with van der Waals surface area (Å²) in [4.78, 5) is 0. The van der Waals surface area contributed by atoms with Crippen LogP contribution in [0.4, 0.5) is 13.2 Å². The third kappa shape index (κ3) is 2.02. The van der Waals surface area contributed by atoms with Gasteiger partial charge in [0.1, 0.15) is 0 Å². The molecule has 0 aromatic heterocycles. The van der Waals surface area contributed by atoms with Crippen LogP contribution < -0.4 is 0 Å². The van der Waals surface area contributed by atoms with Crippen LogP contribution in [-0.2, 0) is 9.24 Å². The summed E-state index contributed by atoms with van der Waals surface area (Å²) in [7, 11) is 0.827. The van der Waals surface area contributed by atoms with Crippen LogP contribution in [0.3, 0.4) is 0 Å². The highest BCUT2D eigenvalue weighted by molar-refractivity contribution is 8.11. The normalized spacial score (nSPS) is 22.3. The molecular weight excluding hydrogens is 219 g/mol. The minimum atomic E-state index is -4.32. The highest BCUT2D eigenvalue weighted by Gasteiger charge is 2.50. The van der Waals surface area contributed by atoms with Gasteiger partial charge in [0, 0.05) is 23.8 Å². The average Bonchev–Trinajstić information content (AvgIpc) is 1.46. The molecule has 0 atom stereocenters. The van der Waals surface area contributed by atoms with Crippen molar-refractivity contribution in [1.29, 1.82) is 0 Å². The van der Waals surface area contributed by atoms with Crippen LogP contribution in [0.15, 0.2) is 0 Å². The molecule has 0 radical (unpaired) electrons. The van der Waals surface area contributed by atoms with E-state index < -0.39 is 34.4 Å². The summed E-state index contributed by atoms with van der Waals surface area (Å²) in [5, 5.41) is 0. The van der Waals surface area contributed by atoms with Crippen molar-refractivity contribution in [3.8, 4) is 0 Å². The summed E-state index contributed by atoms with van der Waals surface area (Å²) in [5.74, 6) is -1.56. The molecule has 12 heavy (non-hydrogen) atoms. The number of alkyl halides is 3. The second-order valence-electron chi connectivity index (χ2n) is 2.50. The Bertz CT molecular complexity index is 269. The summed E-state index contributed by atoms with van der Waals surface area (Å²) in [6, 6.07) is 0. The topological polar surface area (TPSA) is 37.4 Å². The van der Waals surface area contributed by atoms with E-state index in [4.69, 9.17) is 10.7 Å². The fraction of sp³-hybridized carbons (Fsp3) is 1.00. The molecule has 1 heterocycles. The van der Waals surface area contributed by atoms with Gasteiger partial charge in [0.15, 0.2) is 0 Å². The minimum Gasteiger partial charge on any atom is -0.195 e. The molecule has 0 spiro atoms. The van der Waals surface area contributed by atoms with Gasteiger partial charge >= 0.3 is 6.18 Å². The lowest BCUT2D eigenvalue weighted by Gasteiger charge is -2.36. The van der Waals surface area contributed by atoms with Crippen LogP contribution >= 0.6 is 10.7 Å². The molecule has 1 rings (SSSR count). The zero-order valence-corrected chi connectivity index (χ0v) is 7.25. The molecule has 0 aliphatic carbocycles. The average molecular weight is 224 g/mol. The first kappa shape index (κ1) is 10.1. The first-order chi connectivity index (χ1) is 5.21. The molecule has 1 aliphatic heterocycles. The molecule has 0 unspecified atom stereocenters. The lowest BCUT2D eigenvalue weighted by molar-refractivity contribution is -0.197. The van der Waals surface area contributed by atoms with Gasteiger partial charge in [-0.2, -0.15) is 25.9 Å². The molecule has 0 amide bonds. The third-order valence-corrected chi connectivity index (χ3v) is 3.12. The monoisotopic (exact) mass is 223 g/mol. The van der Waals surface area contributed by atoms with Crippen molar-refractivity contribution >= 4 is 19.9 Å². The van der Waals surface area contributed by atoms with Gasteiger partial charge in [-0.05, 0) is 0 Å². The Balaban J connectivity index is 2.50. The van der Waals surface area contributed by atoms with E-state index in [-0.39, 0.29) is 0 Å². The molecule has 72 valence electrons. The van der Waals surface area contributed by atoms with Gasteiger partial charge in [0.05, 0.1) is 5.92 Å². The van der Waals surface area contributed by atoms with Gasteiger partial charge in [-0.25, -0.2) is 0 Å². The van der Waals surface area contributed by atoms with E-state index >= 15 is 0 Å². The van der Waals surface area contributed by atoms with Crippen LogP contribution in [0.1, 0.15) is 0 Å². The Morgan fingerprint density at radius 1 is 1.33 bits per heavy atom. The van der Waals surface area contributed by atoms with E-state index in [0.717, 1.165) is 0 Å². The molecule has 8 heteroatoms. The van der Waals surface area contributed by atoms with Crippen LogP contribution in [0.2, 0.25) is 0 Å². The molecule has 1 fully saturated rings. The maximum Gasteiger partial charge on any atom is 0.394 e. The van der Waals surface area contributed by atoms with Gasteiger partial charge in [-0.1, -0.05) is 0 Å². The lowest BCUT2D eigenvalue weighted by Crippen LogP contribution is -2.54. The summed E-state index contributed by atoms with van der Waals surface area (Å²) in [6.07, 6.45) is -4.32. The number of nitrogens with zero attached hydrogens (tertiary/aromatic N) is 1. The summed E-state index contributed by atoms with van der Waals surface area (Å²) in [6.45, 7) is -1.12. The third-order valence-electron chi connectivity index (χ3n) is 1.62. The molecule has 1 saturated heterocycles. The smallest absolute Gasteiger partial charge is 0.195 e. The summed E-state index contributed by atoms with van der Waals surface area (Å²) < 4.78 is 56.8. The second kappa shape index (κ2) is 2.74. The highest BCUT2D eigenvalue weighted by Crippen LogP contribution is 2.35. The summed E-state index contributed by atoms with van der Waals surface area (Å²) in [5.41, 5.74) is 0. The molecule has 1 aliphatic rings. The maximum atomic E-state index is 11.8. The molecule has 0 saturated carbocycles. The second-order valence-corrected chi connectivity index (χ2v) is 5.01. The lowest BCUT2D eigenvalue weighted by atomic mass is 10.0. The van der Waals surface area contributed by atoms with E-state index in [9.17, 15) is 21.6 Å². The van der Waals surface area contributed by atoms with Crippen molar-refractivity contribution in [2.45, 2.75) is 6.18 Å². The van der Waals surface area contributed by atoms with Crippen molar-refractivity contribution in [3.63, 3.8) is 0 Å². The minimum absolute atomic E-state index is 0.560. The molecule has 0 bridgehead atoms. The highest BCUT2D eigenvalue weighted by atomic mass is 35.7. The largest absolute Gasteiger partial charge is 0.394 e. The van der Waals surface area contributed by atoms with E-state index in [1.807, 2.05) is 0 Å². The fourth-order valence-electron chi connectivity index (χ4n) is 0.823. The van der Waals surface area contributed by atoms with Crippen molar-refractivity contribution in [1.82, 2.24) is 4.31 Å². The van der Waals surface area contributed by atoms with Crippen LogP contribution in [-0.4, -0.2) is 32.0 Å². The van der Waals surface area contributed by atoms with Gasteiger partial charge in [-0.15, -0.1) is 0 Å². The van der Waals surface area contributed by atoms with Gasteiger partial charge in [-0.3, -0.25) is 0 Å². The van der Waals surface area contributed by atoms with Gasteiger partial charge in [0.25, 0.3) is 9.24 Å². The molecular formula is C4H5ClF3NO2S. The number of hydrogen-bond donors (Lipinski definition) is 0. The van der Waals surface area contributed by atoms with E-state index in [1.165, 1.54) is 0 Å². The SMILES string of the molecule is O=S(=O)(Cl)N1CC(C(F)(F)F)C1. The van der Waals surface area contributed by atoms with Crippen molar-refractivity contribution in [2.24, 2.45) is 5.92 Å². The first-order valence-corrected chi connectivity index (χ1v) is 5.24. The molecule has 3 nitrogen and oxygen atoms in total. The van der Waals surface area contributed by atoms with Crippen LogP contribution in [0.25, 0.3) is 0 Å². The predicted molar refractivity (Wildman–Crippen MR) is 35.9 cm³/mol. The number of halogens is 4. The zero-order valence-electron chi connectivity index (χ0n) is 5.68. The Morgan fingerprint density at radius 3 is 2.00 bits per heavy atom.